The van der Waals surface area contributed by atoms with Gasteiger partial charge in [0.2, 0.25) is 0 Å². The molecule has 0 amide bonds. The summed E-state index contributed by atoms with van der Waals surface area (Å²) in [6.45, 7) is 2.03. The van der Waals surface area contributed by atoms with Gasteiger partial charge in [0.1, 0.15) is 5.82 Å². The molecule has 2 nitrogen and oxygen atoms in total. The molecule has 1 aromatic heterocycles. The van der Waals surface area contributed by atoms with Gasteiger partial charge in [-0.05, 0) is 56.5 Å². The number of nitrogens with one attached hydrogen (secondary N) is 1. The molecule has 0 bridgehead atoms. The fraction of sp³-hybridized carbons (Fsp3) is 0.0833. The third-order valence-corrected chi connectivity index (χ3v) is 4.03. The van der Waals surface area contributed by atoms with Crippen molar-refractivity contribution in [2.75, 3.05) is 5.32 Å². The highest BCUT2D eigenvalue weighted by Crippen LogP contribution is 2.31. The van der Waals surface area contributed by atoms with Crippen molar-refractivity contribution >= 4 is 55.0 Å². The quantitative estimate of drug-likeness (QED) is 0.768. The molecule has 0 spiro atoms. The van der Waals surface area contributed by atoms with Gasteiger partial charge >= 0.3 is 0 Å². The summed E-state index contributed by atoms with van der Waals surface area (Å²) in [7, 11) is 0. The molecule has 0 aliphatic rings. The summed E-state index contributed by atoms with van der Waals surface area (Å²) < 4.78 is 1.87. The maximum absolute atomic E-state index is 6.10. The monoisotopic (exact) mass is 374 g/mol. The molecule has 0 saturated heterocycles. The minimum Gasteiger partial charge on any atom is -0.338 e. The molecule has 0 saturated carbocycles. The van der Waals surface area contributed by atoms with Crippen LogP contribution in [0.1, 0.15) is 5.56 Å². The Morgan fingerprint density at radius 3 is 2.76 bits per heavy atom. The zero-order valence-corrected chi connectivity index (χ0v) is 12.9. The summed E-state index contributed by atoms with van der Waals surface area (Å²) in [5.74, 6) is 0.640. The van der Waals surface area contributed by atoms with Crippen molar-refractivity contribution in [1.82, 2.24) is 4.98 Å². The molecule has 2 rings (SSSR count). The Hall–Kier alpha value is -0.580. The van der Waals surface area contributed by atoms with E-state index in [9.17, 15) is 0 Å². The van der Waals surface area contributed by atoms with Crippen molar-refractivity contribution in [3.63, 3.8) is 0 Å². The minimum atomic E-state index is 0.577. The minimum absolute atomic E-state index is 0.577. The maximum atomic E-state index is 6.10. The summed E-state index contributed by atoms with van der Waals surface area (Å²) in [5, 5.41) is 3.77. The van der Waals surface area contributed by atoms with Crippen LogP contribution in [0.25, 0.3) is 0 Å². The number of pyridine rings is 1. The number of rotatable bonds is 2. The van der Waals surface area contributed by atoms with Gasteiger partial charge in [-0.15, -0.1) is 0 Å². The smallest absolute Gasteiger partial charge is 0.149 e. The number of halogens is 3. The van der Waals surface area contributed by atoms with Crippen LogP contribution in [0.2, 0.25) is 5.02 Å². The summed E-state index contributed by atoms with van der Waals surface area (Å²) in [6, 6.07) is 7.79. The van der Waals surface area contributed by atoms with Crippen LogP contribution < -0.4 is 5.32 Å². The van der Waals surface area contributed by atoms with Crippen molar-refractivity contribution in [2.45, 2.75) is 6.92 Å². The number of benzene rings is 1. The Morgan fingerprint density at radius 2 is 2.06 bits per heavy atom. The highest BCUT2D eigenvalue weighted by Gasteiger charge is 2.06. The molecule has 0 unspecified atom stereocenters. The van der Waals surface area contributed by atoms with Crippen molar-refractivity contribution in [3.05, 3.63) is 50.0 Å². The third kappa shape index (κ3) is 3.00. The number of hydrogen-bond acceptors (Lipinski definition) is 2. The van der Waals surface area contributed by atoms with Gasteiger partial charge in [0, 0.05) is 15.1 Å². The Bertz CT molecular complexity index is 558. The first-order valence-corrected chi connectivity index (χ1v) is 6.87. The largest absolute Gasteiger partial charge is 0.338 e. The van der Waals surface area contributed by atoms with Crippen LogP contribution in [-0.4, -0.2) is 4.98 Å². The zero-order valence-electron chi connectivity index (χ0n) is 8.97. The molecule has 88 valence electrons. The number of hydrogen-bond donors (Lipinski definition) is 1. The Kier molecular flexibility index (Phi) is 4.07. The molecule has 1 heterocycles. The SMILES string of the molecule is Cc1cccc(Nc2ncc(Br)cc2Cl)c1Br. The molecule has 2 aromatic rings. The molecule has 1 N–H and O–H groups in total. The van der Waals surface area contributed by atoms with Gasteiger partial charge in [-0.25, -0.2) is 4.98 Å². The molecular weight excluding hydrogens is 367 g/mol. The lowest BCUT2D eigenvalue weighted by Crippen LogP contribution is -1.96. The van der Waals surface area contributed by atoms with E-state index in [2.05, 4.69) is 42.2 Å². The second-order valence-corrected chi connectivity index (χ2v) is 5.66. The van der Waals surface area contributed by atoms with Crippen LogP contribution in [0.3, 0.4) is 0 Å². The highest BCUT2D eigenvalue weighted by atomic mass is 79.9. The highest BCUT2D eigenvalue weighted by molar-refractivity contribution is 9.11. The summed E-state index contributed by atoms with van der Waals surface area (Å²) in [6.07, 6.45) is 1.71. The summed E-state index contributed by atoms with van der Waals surface area (Å²) >= 11 is 13.0. The van der Waals surface area contributed by atoms with Crippen LogP contribution in [0.5, 0.6) is 0 Å². The Morgan fingerprint density at radius 1 is 1.29 bits per heavy atom. The molecule has 0 fully saturated rings. The van der Waals surface area contributed by atoms with E-state index in [0.29, 0.717) is 10.8 Å². The van der Waals surface area contributed by atoms with Gasteiger partial charge in [0.05, 0.1) is 10.7 Å². The normalized spacial score (nSPS) is 10.4. The number of aryl methyl sites for hydroxylation is 1. The first-order valence-electron chi connectivity index (χ1n) is 4.91. The van der Waals surface area contributed by atoms with Crippen LogP contribution >= 0.6 is 43.5 Å². The lowest BCUT2D eigenvalue weighted by Gasteiger charge is -2.10. The van der Waals surface area contributed by atoms with Crippen molar-refractivity contribution < 1.29 is 0 Å². The number of nitrogens with zero attached hydrogens (tertiary/aromatic N) is 1. The van der Waals surface area contributed by atoms with E-state index in [4.69, 9.17) is 11.6 Å². The third-order valence-electron chi connectivity index (χ3n) is 2.25. The second-order valence-electron chi connectivity index (χ2n) is 3.55. The van der Waals surface area contributed by atoms with Crippen LogP contribution in [-0.2, 0) is 0 Å². The Labute approximate surface area is 122 Å². The number of anilines is 2. The lowest BCUT2D eigenvalue weighted by atomic mass is 10.2. The molecule has 0 atom stereocenters. The summed E-state index contributed by atoms with van der Waals surface area (Å²) in [4.78, 5) is 4.23. The lowest BCUT2D eigenvalue weighted by molar-refractivity contribution is 1.28. The van der Waals surface area contributed by atoms with E-state index in [1.54, 1.807) is 12.3 Å². The van der Waals surface area contributed by atoms with Crippen LogP contribution in [0.4, 0.5) is 11.5 Å². The van der Waals surface area contributed by atoms with Gasteiger partial charge in [0.15, 0.2) is 0 Å². The first-order chi connectivity index (χ1) is 8.08. The average molecular weight is 376 g/mol. The van der Waals surface area contributed by atoms with E-state index < -0.39 is 0 Å². The maximum Gasteiger partial charge on any atom is 0.149 e. The standard InChI is InChI=1S/C12H9Br2ClN2/c1-7-3-2-4-10(11(7)14)17-12-9(15)5-8(13)6-16-12/h2-6H,1H3,(H,16,17). The molecule has 0 aliphatic carbocycles. The first kappa shape index (κ1) is 12.9. The van der Waals surface area contributed by atoms with Crippen LogP contribution in [0.15, 0.2) is 39.4 Å². The average Bonchev–Trinajstić information content (AvgIpc) is 2.28. The van der Waals surface area contributed by atoms with Gasteiger partial charge in [-0.1, -0.05) is 23.7 Å². The van der Waals surface area contributed by atoms with Crippen LogP contribution in [0, 0.1) is 6.92 Å². The molecule has 1 aromatic carbocycles. The van der Waals surface area contributed by atoms with E-state index in [1.807, 2.05) is 25.1 Å². The van der Waals surface area contributed by atoms with Crippen molar-refractivity contribution in [1.29, 1.82) is 0 Å². The van der Waals surface area contributed by atoms with Crippen molar-refractivity contribution in [3.8, 4) is 0 Å². The van der Waals surface area contributed by atoms with E-state index >= 15 is 0 Å². The predicted octanol–water partition coefficient (Wildman–Crippen LogP) is 5.31. The van der Waals surface area contributed by atoms with Gasteiger partial charge < -0.3 is 5.32 Å². The van der Waals surface area contributed by atoms with Crippen molar-refractivity contribution in [2.24, 2.45) is 0 Å². The topological polar surface area (TPSA) is 24.9 Å². The fourth-order valence-electron chi connectivity index (χ4n) is 1.38. The molecule has 0 radical (unpaired) electrons. The van der Waals surface area contributed by atoms with Gasteiger partial charge in [0.25, 0.3) is 0 Å². The van der Waals surface area contributed by atoms with Gasteiger partial charge in [-0.3, -0.25) is 0 Å². The number of aromatic nitrogens is 1. The summed E-state index contributed by atoms with van der Waals surface area (Å²) in [5.41, 5.74) is 2.10. The zero-order chi connectivity index (χ0) is 12.4. The van der Waals surface area contributed by atoms with E-state index in [-0.39, 0.29) is 0 Å². The predicted molar refractivity (Wildman–Crippen MR) is 79.1 cm³/mol. The molecule has 17 heavy (non-hydrogen) atoms. The fourth-order valence-corrected chi connectivity index (χ4v) is 2.42. The molecular formula is C12H9Br2ClN2. The van der Waals surface area contributed by atoms with E-state index in [1.165, 1.54) is 0 Å². The Balaban J connectivity index is 2.35. The molecule has 5 heteroatoms. The van der Waals surface area contributed by atoms with Gasteiger partial charge in [-0.2, -0.15) is 0 Å². The van der Waals surface area contributed by atoms with E-state index in [0.717, 1.165) is 20.2 Å². The molecule has 0 aliphatic heterocycles. The second kappa shape index (κ2) is 5.38.